The Bertz CT molecular complexity index is 947. The van der Waals surface area contributed by atoms with E-state index in [-0.39, 0.29) is 33.5 Å². The minimum Gasteiger partial charge on any atom is -0.444 e. The molecule has 2 aliphatic heterocycles. The maximum absolute atomic E-state index is 13.0. The Morgan fingerprint density at radius 3 is 2.28 bits per heavy atom. The molecule has 0 atom stereocenters. The van der Waals surface area contributed by atoms with Crippen molar-refractivity contribution < 1.29 is 22.7 Å². The summed E-state index contributed by atoms with van der Waals surface area (Å²) in [6, 6.07) is 4.23. The van der Waals surface area contributed by atoms with Gasteiger partial charge in [0.05, 0.1) is 5.02 Å². The lowest BCUT2D eigenvalue weighted by Gasteiger charge is -2.33. The van der Waals surface area contributed by atoms with Crippen LogP contribution in [0.4, 0.5) is 4.79 Å². The van der Waals surface area contributed by atoms with Gasteiger partial charge in [-0.2, -0.15) is 4.31 Å². The molecule has 0 bridgehead atoms. The van der Waals surface area contributed by atoms with Crippen molar-refractivity contribution in [3.8, 4) is 0 Å². The van der Waals surface area contributed by atoms with Gasteiger partial charge in [-0.25, -0.2) is 13.2 Å². The summed E-state index contributed by atoms with van der Waals surface area (Å²) in [4.78, 5) is 26.6. The van der Waals surface area contributed by atoms with Gasteiger partial charge in [-0.15, -0.1) is 0 Å². The number of carbonyl (C=O) groups excluding carboxylic acids is 2. The average Bonchev–Trinajstić information content (AvgIpc) is 2.73. The van der Waals surface area contributed by atoms with E-state index >= 15 is 0 Å². The van der Waals surface area contributed by atoms with Crippen molar-refractivity contribution in [1.82, 2.24) is 14.5 Å². The number of carbonyl (C=O) groups is 2. The summed E-state index contributed by atoms with van der Waals surface area (Å²) in [7, 11) is -3.75. The number of nitrogens with one attached hydrogen (secondary N) is 1. The third kappa shape index (κ3) is 6.14. The van der Waals surface area contributed by atoms with Crippen molar-refractivity contribution >= 4 is 33.6 Å². The van der Waals surface area contributed by atoms with E-state index in [2.05, 4.69) is 5.32 Å². The molecule has 0 spiro atoms. The Morgan fingerprint density at radius 2 is 1.69 bits per heavy atom. The van der Waals surface area contributed by atoms with Crippen LogP contribution in [0.15, 0.2) is 23.1 Å². The molecular weight excluding hydrogens is 454 g/mol. The fourth-order valence-corrected chi connectivity index (χ4v) is 5.91. The number of rotatable bonds is 4. The second-order valence-electron chi connectivity index (χ2n) is 9.33. The van der Waals surface area contributed by atoms with Crippen LogP contribution >= 0.6 is 11.6 Å². The van der Waals surface area contributed by atoms with Crippen LogP contribution in [0, 0.1) is 0 Å². The molecule has 178 valence electrons. The Kier molecular flexibility index (Phi) is 7.73. The molecule has 3 rings (SSSR count). The molecule has 1 N–H and O–H groups in total. The van der Waals surface area contributed by atoms with Gasteiger partial charge in [0.25, 0.3) is 5.91 Å². The Balaban J connectivity index is 1.63. The highest BCUT2D eigenvalue weighted by atomic mass is 35.5. The first kappa shape index (κ1) is 24.8. The molecule has 0 saturated carbocycles. The van der Waals surface area contributed by atoms with Gasteiger partial charge >= 0.3 is 6.09 Å². The van der Waals surface area contributed by atoms with E-state index in [1.807, 2.05) is 20.8 Å². The summed E-state index contributed by atoms with van der Waals surface area (Å²) < 4.78 is 32.9. The number of hydrogen-bond acceptors (Lipinski definition) is 5. The second-order valence-corrected chi connectivity index (χ2v) is 11.6. The maximum atomic E-state index is 13.0. The molecule has 0 radical (unpaired) electrons. The molecule has 2 amide bonds. The van der Waals surface area contributed by atoms with Crippen molar-refractivity contribution in [2.45, 2.75) is 69.4 Å². The lowest BCUT2D eigenvalue weighted by molar-refractivity contribution is 0.0199. The van der Waals surface area contributed by atoms with E-state index in [0.29, 0.717) is 39.0 Å². The number of sulfonamides is 1. The van der Waals surface area contributed by atoms with Crippen LogP contribution in [-0.2, 0) is 14.8 Å². The van der Waals surface area contributed by atoms with Crippen LogP contribution in [0.25, 0.3) is 0 Å². The third-order valence-corrected chi connectivity index (χ3v) is 7.99. The fraction of sp³-hybridized carbons (Fsp3) is 0.636. The molecule has 0 aromatic heterocycles. The number of ether oxygens (including phenoxy) is 1. The Labute approximate surface area is 195 Å². The summed E-state index contributed by atoms with van der Waals surface area (Å²) in [6.45, 7) is 7.36. The number of hydrogen-bond donors (Lipinski definition) is 1. The number of likely N-dealkylation sites (tertiary alicyclic amines) is 1. The summed E-state index contributed by atoms with van der Waals surface area (Å²) in [5, 5.41) is 3.06. The first-order valence-corrected chi connectivity index (χ1v) is 12.9. The van der Waals surface area contributed by atoms with Crippen LogP contribution in [0.5, 0.6) is 0 Å². The largest absolute Gasteiger partial charge is 0.444 e. The van der Waals surface area contributed by atoms with Crippen LogP contribution in [0.2, 0.25) is 5.02 Å². The van der Waals surface area contributed by atoms with Crippen molar-refractivity contribution in [2.24, 2.45) is 0 Å². The van der Waals surface area contributed by atoms with E-state index in [4.69, 9.17) is 16.3 Å². The SMILES string of the molecule is CC(C)(C)OC(=O)N1CCC(NC(=O)c2ccc(Cl)c(S(=O)(=O)N3CCCCC3)c2)CC1. The first-order chi connectivity index (χ1) is 15.0. The number of nitrogens with zero attached hydrogens (tertiary/aromatic N) is 2. The van der Waals surface area contributed by atoms with Gasteiger partial charge < -0.3 is 15.0 Å². The maximum Gasteiger partial charge on any atom is 0.410 e. The molecule has 8 nitrogen and oxygen atoms in total. The van der Waals surface area contributed by atoms with Crippen molar-refractivity contribution in [2.75, 3.05) is 26.2 Å². The molecule has 10 heteroatoms. The molecule has 2 aliphatic rings. The molecule has 32 heavy (non-hydrogen) atoms. The van der Waals surface area contributed by atoms with Crippen molar-refractivity contribution in [3.05, 3.63) is 28.8 Å². The summed E-state index contributed by atoms with van der Waals surface area (Å²) in [5.74, 6) is -0.354. The number of amides is 2. The molecule has 2 saturated heterocycles. The van der Waals surface area contributed by atoms with E-state index < -0.39 is 15.6 Å². The molecule has 2 heterocycles. The van der Waals surface area contributed by atoms with E-state index in [1.54, 1.807) is 4.90 Å². The predicted octanol–water partition coefficient (Wildman–Crippen LogP) is 3.64. The van der Waals surface area contributed by atoms with Gasteiger partial charge in [-0.1, -0.05) is 18.0 Å². The van der Waals surface area contributed by atoms with Gasteiger partial charge in [0, 0.05) is 37.8 Å². The van der Waals surface area contributed by atoms with E-state index in [0.717, 1.165) is 19.3 Å². The monoisotopic (exact) mass is 485 g/mol. The minimum absolute atomic E-state index is 0.0338. The molecule has 2 fully saturated rings. The minimum atomic E-state index is -3.75. The number of halogens is 1. The van der Waals surface area contributed by atoms with Gasteiger partial charge in [0.15, 0.2) is 0 Å². The van der Waals surface area contributed by atoms with Gasteiger partial charge in [-0.3, -0.25) is 4.79 Å². The van der Waals surface area contributed by atoms with Crippen LogP contribution < -0.4 is 5.32 Å². The molecule has 1 aromatic carbocycles. The number of benzene rings is 1. The van der Waals surface area contributed by atoms with Crippen LogP contribution in [-0.4, -0.2) is 67.4 Å². The lowest BCUT2D eigenvalue weighted by atomic mass is 10.0. The van der Waals surface area contributed by atoms with E-state index in [9.17, 15) is 18.0 Å². The lowest BCUT2D eigenvalue weighted by Crippen LogP contribution is -2.47. The normalized spacial score (nSPS) is 18.9. The first-order valence-electron chi connectivity index (χ1n) is 11.1. The van der Waals surface area contributed by atoms with Gasteiger partial charge in [0.1, 0.15) is 10.5 Å². The highest BCUT2D eigenvalue weighted by molar-refractivity contribution is 7.89. The molecule has 0 aliphatic carbocycles. The van der Waals surface area contributed by atoms with E-state index in [1.165, 1.54) is 22.5 Å². The van der Waals surface area contributed by atoms with Crippen molar-refractivity contribution in [3.63, 3.8) is 0 Å². The zero-order chi connectivity index (χ0) is 23.5. The van der Waals surface area contributed by atoms with Gasteiger partial charge in [-0.05, 0) is 64.7 Å². The zero-order valence-electron chi connectivity index (χ0n) is 18.9. The molecular formula is C22H32ClN3O5S. The third-order valence-electron chi connectivity index (χ3n) is 5.61. The zero-order valence-corrected chi connectivity index (χ0v) is 20.5. The standard InChI is InChI=1S/C22H32ClN3O5S/c1-22(2,3)31-21(28)25-13-9-17(10-14-25)24-20(27)16-7-8-18(23)19(15-16)32(29,30)26-11-5-4-6-12-26/h7-8,15,17H,4-6,9-14H2,1-3H3,(H,24,27). The Hall–Kier alpha value is -1.84. The average molecular weight is 486 g/mol. The molecule has 0 unspecified atom stereocenters. The highest BCUT2D eigenvalue weighted by Gasteiger charge is 2.30. The van der Waals surface area contributed by atoms with Crippen LogP contribution in [0.1, 0.15) is 63.2 Å². The highest BCUT2D eigenvalue weighted by Crippen LogP contribution is 2.28. The number of piperidine rings is 2. The van der Waals surface area contributed by atoms with Crippen LogP contribution in [0.3, 0.4) is 0 Å². The summed E-state index contributed by atoms with van der Waals surface area (Å²) in [5.41, 5.74) is -0.303. The quantitative estimate of drug-likeness (QED) is 0.702. The topological polar surface area (TPSA) is 96.0 Å². The van der Waals surface area contributed by atoms with Crippen molar-refractivity contribution in [1.29, 1.82) is 0 Å². The predicted molar refractivity (Wildman–Crippen MR) is 122 cm³/mol. The van der Waals surface area contributed by atoms with Gasteiger partial charge in [0.2, 0.25) is 10.0 Å². The second kappa shape index (κ2) is 9.97. The molecule has 1 aromatic rings. The summed E-state index contributed by atoms with van der Waals surface area (Å²) >= 11 is 6.20. The smallest absolute Gasteiger partial charge is 0.410 e. The fourth-order valence-electron chi connectivity index (χ4n) is 3.89. The summed E-state index contributed by atoms with van der Waals surface area (Å²) in [6.07, 6.45) is 3.48. The Morgan fingerprint density at radius 1 is 1.06 bits per heavy atom.